The number of nitrogens with zero attached hydrogens (tertiary/aromatic N) is 4. The summed E-state index contributed by atoms with van der Waals surface area (Å²) in [4.78, 5) is 44.7. The number of nitro benzene ring substituents is 1. The first-order valence-corrected chi connectivity index (χ1v) is 12.3. The van der Waals surface area contributed by atoms with E-state index in [1.807, 2.05) is 32.0 Å². The molecule has 0 N–H and O–H groups in total. The Morgan fingerprint density at radius 2 is 1.86 bits per heavy atom. The smallest absolute Gasteiger partial charge is 0.271 e. The van der Waals surface area contributed by atoms with Crippen LogP contribution in [0.3, 0.4) is 0 Å². The maximum atomic E-state index is 13.7. The first-order chi connectivity index (χ1) is 17.3. The van der Waals surface area contributed by atoms with E-state index in [0.29, 0.717) is 50.6 Å². The van der Waals surface area contributed by atoms with E-state index in [1.165, 1.54) is 23.5 Å². The van der Waals surface area contributed by atoms with Crippen molar-refractivity contribution in [3.8, 4) is 5.75 Å². The molecule has 36 heavy (non-hydrogen) atoms. The summed E-state index contributed by atoms with van der Waals surface area (Å²) in [5.74, 6) is 0.383. The van der Waals surface area contributed by atoms with Crippen molar-refractivity contribution in [2.45, 2.75) is 26.8 Å². The van der Waals surface area contributed by atoms with Gasteiger partial charge in [0, 0.05) is 30.8 Å². The molecule has 10 heteroatoms. The van der Waals surface area contributed by atoms with Gasteiger partial charge in [-0.3, -0.25) is 24.3 Å². The Kier molecular flexibility index (Phi) is 7.16. The summed E-state index contributed by atoms with van der Waals surface area (Å²) in [5.41, 5.74) is 1.98. The number of hydrogen-bond acceptors (Lipinski definition) is 7. The van der Waals surface area contributed by atoms with Crippen LogP contribution in [0.4, 0.5) is 5.69 Å². The highest BCUT2D eigenvalue weighted by atomic mass is 32.1. The number of rotatable bonds is 7. The van der Waals surface area contributed by atoms with Gasteiger partial charge in [0.1, 0.15) is 11.8 Å². The molecule has 0 bridgehead atoms. The number of non-ortho nitro benzene ring substituents is 1. The second-order valence-corrected chi connectivity index (χ2v) is 9.16. The van der Waals surface area contributed by atoms with E-state index in [1.54, 1.807) is 47.8 Å². The van der Waals surface area contributed by atoms with E-state index >= 15 is 0 Å². The van der Waals surface area contributed by atoms with Crippen molar-refractivity contribution in [3.63, 3.8) is 0 Å². The molecule has 1 aromatic heterocycles. The minimum absolute atomic E-state index is 0.0278. The molecule has 4 rings (SSSR count). The zero-order chi connectivity index (χ0) is 26.0. The maximum absolute atomic E-state index is 13.7. The molecule has 186 valence electrons. The summed E-state index contributed by atoms with van der Waals surface area (Å²) in [7, 11) is 1.56. The Hall–Kier alpha value is -4.05. The van der Waals surface area contributed by atoms with Crippen molar-refractivity contribution in [1.29, 1.82) is 0 Å². The van der Waals surface area contributed by atoms with Gasteiger partial charge in [-0.1, -0.05) is 29.5 Å². The minimum Gasteiger partial charge on any atom is -0.496 e. The van der Waals surface area contributed by atoms with Gasteiger partial charge in [0.25, 0.3) is 17.2 Å². The standard InChI is InChI=1S/C26H26N4O5S/c1-5-28(6-2)25(32)22-16(3)27-26-29(23(22)19-9-7-8-10-20(19)35-4)24(31)21(36-26)15-17-11-13-18(14-12-17)30(33)34/h7-15,23H,5-6H2,1-4H3/b21-15+/t23-/m1/s1. The lowest BCUT2D eigenvalue weighted by atomic mass is 9.94. The number of hydrogen-bond donors (Lipinski definition) is 0. The first-order valence-electron chi connectivity index (χ1n) is 11.5. The molecule has 1 aliphatic rings. The van der Waals surface area contributed by atoms with Crippen LogP contribution in [0.25, 0.3) is 6.08 Å². The average molecular weight is 507 g/mol. The molecule has 0 fully saturated rings. The third-order valence-electron chi connectivity index (χ3n) is 6.14. The summed E-state index contributed by atoms with van der Waals surface area (Å²) in [5, 5.41) is 11.0. The molecular formula is C26H26N4O5S. The van der Waals surface area contributed by atoms with Crippen LogP contribution in [0.1, 0.15) is 37.9 Å². The molecule has 0 saturated carbocycles. The molecule has 9 nitrogen and oxygen atoms in total. The molecule has 3 aromatic rings. The van der Waals surface area contributed by atoms with Gasteiger partial charge in [0.2, 0.25) is 0 Å². The van der Waals surface area contributed by atoms with Crippen molar-refractivity contribution < 1.29 is 14.5 Å². The molecule has 0 unspecified atom stereocenters. The molecule has 0 radical (unpaired) electrons. The molecule has 0 saturated heterocycles. The largest absolute Gasteiger partial charge is 0.496 e. The van der Waals surface area contributed by atoms with E-state index in [-0.39, 0.29) is 17.2 Å². The maximum Gasteiger partial charge on any atom is 0.271 e. The summed E-state index contributed by atoms with van der Waals surface area (Å²) in [6, 6.07) is 12.6. The molecule has 0 aliphatic carbocycles. The van der Waals surface area contributed by atoms with E-state index < -0.39 is 11.0 Å². The number of benzene rings is 2. The van der Waals surface area contributed by atoms with Crippen LogP contribution in [-0.2, 0) is 4.79 Å². The lowest BCUT2D eigenvalue weighted by molar-refractivity contribution is -0.384. The van der Waals surface area contributed by atoms with Gasteiger partial charge < -0.3 is 9.64 Å². The zero-order valence-electron chi connectivity index (χ0n) is 20.4. The van der Waals surface area contributed by atoms with Crippen LogP contribution in [0.15, 0.2) is 69.6 Å². The number of nitro groups is 1. The molecule has 2 heterocycles. The van der Waals surface area contributed by atoms with E-state index in [9.17, 15) is 19.7 Å². The normalized spacial score (nSPS) is 15.3. The van der Waals surface area contributed by atoms with Crippen molar-refractivity contribution >= 4 is 29.0 Å². The van der Waals surface area contributed by atoms with Gasteiger partial charge >= 0.3 is 0 Å². The van der Waals surface area contributed by atoms with Crippen molar-refractivity contribution in [1.82, 2.24) is 9.47 Å². The molecular weight excluding hydrogens is 480 g/mol. The number of aromatic nitrogens is 1. The second kappa shape index (κ2) is 10.3. The van der Waals surface area contributed by atoms with Gasteiger partial charge in [-0.15, -0.1) is 0 Å². The Morgan fingerprint density at radius 1 is 1.19 bits per heavy atom. The molecule has 1 atom stereocenters. The topological polar surface area (TPSA) is 107 Å². The fraction of sp³-hybridized carbons (Fsp3) is 0.269. The van der Waals surface area contributed by atoms with Gasteiger partial charge in [-0.05, 0) is 50.6 Å². The van der Waals surface area contributed by atoms with Crippen LogP contribution >= 0.6 is 11.3 Å². The van der Waals surface area contributed by atoms with E-state index in [2.05, 4.69) is 4.99 Å². The summed E-state index contributed by atoms with van der Waals surface area (Å²) in [6.07, 6.45) is 1.68. The lowest BCUT2D eigenvalue weighted by Crippen LogP contribution is -2.43. The number of allylic oxidation sites excluding steroid dienone is 1. The lowest BCUT2D eigenvalue weighted by Gasteiger charge is -2.29. The zero-order valence-corrected chi connectivity index (χ0v) is 21.2. The number of carbonyl (C=O) groups excluding carboxylic acids is 1. The van der Waals surface area contributed by atoms with Crippen LogP contribution in [-0.4, -0.2) is 40.5 Å². The fourth-order valence-corrected chi connectivity index (χ4v) is 5.35. The van der Waals surface area contributed by atoms with Crippen LogP contribution in [0, 0.1) is 10.1 Å². The minimum atomic E-state index is -0.718. The quantitative estimate of drug-likeness (QED) is 0.362. The summed E-state index contributed by atoms with van der Waals surface area (Å²) >= 11 is 1.21. The average Bonchev–Trinajstić information content (AvgIpc) is 3.18. The number of thiazole rings is 1. The number of para-hydroxylation sites is 1. The highest BCUT2D eigenvalue weighted by Crippen LogP contribution is 2.36. The van der Waals surface area contributed by atoms with Gasteiger partial charge in [-0.2, -0.15) is 0 Å². The third kappa shape index (κ3) is 4.47. The van der Waals surface area contributed by atoms with Crippen molar-refractivity contribution in [3.05, 3.63) is 101 Å². The number of methoxy groups -OCH3 is 1. The summed E-state index contributed by atoms with van der Waals surface area (Å²) in [6.45, 7) is 6.65. The Morgan fingerprint density at radius 3 is 2.47 bits per heavy atom. The highest BCUT2D eigenvalue weighted by molar-refractivity contribution is 7.07. The van der Waals surface area contributed by atoms with E-state index in [0.717, 1.165) is 0 Å². The number of ether oxygens (including phenoxy) is 1. The Bertz CT molecular complexity index is 1530. The molecule has 1 amide bonds. The van der Waals surface area contributed by atoms with Gasteiger partial charge in [0.15, 0.2) is 4.80 Å². The van der Waals surface area contributed by atoms with Crippen LogP contribution in [0.5, 0.6) is 5.75 Å². The third-order valence-corrected chi connectivity index (χ3v) is 7.12. The molecule has 1 aliphatic heterocycles. The van der Waals surface area contributed by atoms with Gasteiger partial charge in [-0.25, -0.2) is 4.99 Å². The monoisotopic (exact) mass is 506 g/mol. The van der Waals surface area contributed by atoms with Crippen molar-refractivity contribution in [2.24, 2.45) is 4.99 Å². The van der Waals surface area contributed by atoms with Crippen LogP contribution < -0.4 is 19.6 Å². The predicted molar refractivity (Wildman–Crippen MR) is 138 cm³/mol. The Balaban J connectivity index is 1.95. The first kappa shape index (κ1) is 25.1. The second-order valence-electron chi connectivity index (χ2n) is 8.15. The number of carbonyl (C=O) groups is 1. The number of fused-ring (bicyclic) bond motifs is 1. The predicted octanol–water partition coefficient (Wildman–Crippen LogP) is 3.02. The number of amides is 1. The van der Waals surface area contributed by atoms with E-state index in [4.69, 9.17) is 4.74 Å². The fourth-order valence-electron chi connectivity index (χ4n) is 4.31. The number of likely N-dealkylation sites (N-methyl/N-ethyl adjacent to an activating group) is 1. The molecule has 0 spiro atoms. The Labute approximate surface area is 211 Å². The molecule has 2 aromatic carbocycles. The van der Waals surface area contributed by atoms with Gasteiger partial charge in [0.05, 0.1) is 27.8 Å². The summed E-state index contributed by atoms with van der Waals surface area (Å²) < 4.78 is 7.56. The van der Waals surface area contributed by atoms with Crippen molar-refractivity contribution in [2.75, 3.05) is 20.2 Å². The SMILES string of the molecule is CCN(CC)C(=O)C1=C(C)N=c2s/c(=C/c3ccc([N+](=O)[O-])cc3)c(=O)n2[C@@H]1c1ccccc1OC. The highest BCUT2D eigenvalue weighted by Gasteiger charge is 2.35. The van der Waals surface area contributed by atoms with Crippen LogP contribution in [0.2, 0.25) is 0 Å².